The second kappa shape index (κ2) is 9.79. The number of benzene rings is 2. The molecule has 5 aromatic rings. The van der Waals surface area contributed by atoms with Crippen LogP contribution in [0.2, 0.25) is 0 Å². The Morgan fingerprint density at radius 2 is 1.79 bits per heavy atom. The van der Waals surface area contributed by atoms with Gasteiger partial charge in [0.1, 0.15) is 18.1 Å². The van der Waals surface area contributed by atoms with E-state index in [1.165, 1.54) is 0 Å². The lowest BCUT2D eigenvalue weighted by Crippen LogP contribution is -2.12. The van der Waals surface area contributed by atoms with Crippen LogP contribution in [0, 0.1) is 0 Å². The van der Waals surface area contributed by atoms with Gasteiger partial charge in [-0.1, -0.05) is 30.3 Å². The Balaban J connectivity index is 1.39. The number of anilines is 1. The molecule has 1 amide bonds. The molecule has 1 N–H and O–H groups in total. The van der Waals surface area contributed by atoms with Crippen LogP contribution in [0.4, 0.5) is 5.69 Å². The van der Waals surface area contributed by atoms with E-state index >= 15 is 0 Å². The Bertz CT molecular complexity index is 1390. The van der Waals surface area contributed by atoms with E-state index < -0.39 is 0 Å². The van der Waals surface area contributed by atoms with Crippen LogP contribution in [0.1, 0.15) is 16.1 Å². The van der Waals surface area contributed by atoms with Crippen molar-refractivity contribution in [3.63, 3.8) is 0 Å². The lowest BCUT2D eigenvalue weighted by atomic mass is 10.1. The SMILES string of the molecule is O=C(Nc1cccc(OCc2ccccn2)c1)c1cn(-c2ccccc2)nc1-c1cccnc1. The fraction of sp³-hybridized carbons (Fsp3) is 0.0370. The molecule has 0 radical (unpaired) electrons. The molecule has 0 aliphatic rings. The normalized spacial score (nSPS) is 10.6. The molecule has 0 spiro atoms. The second-order valence-electron chi connectivity index (χ2n) is 7.50. The van der Waals surface area contributed by atoms with E-state index in [1.54, 1.807) is 35.5 Å². The zero-order chi connectivity index (χ0) is 23.2. The van der Waals surface area contributed by atoms with Gasteiger partial charge < -0.3 is 10.1 Å². The fourth-order valence-corrected chi connectivity index (χ4v) is 3.47. The molecule has 166 valence electrons. The number of nitrogens with zero attached hydrogens (tertiary/aromatic N) is 4. The predicted molar refractivity (Wildman–Crippen MR) is 130 cm³/mol. The number of pyridine rings is 2. The molecule has 3 aromatic heterocycles. The molecule has 0 aliphatic heterocycles. The van der Waals surface area contributed by atoms with Gasteiger partial charge in [-0.3, -0.25) is 14.8 Å². The molecule has 34 heavy (non-hydrogen) atoms. The maximum atomic E-state index is 13.3. The number of hydrogen-bond acceptors (Lipinski definition) is 5. The van der Waals surface area contributed by atoms with Crippen molar-refractivity contribution in [2.45, 2.75) is 6.61 Å². The van der Waals surface area contributed by atoms with E-state index in [0.29, 0.717) is 29.3 Å². The largest absolute Gasteiger partial charge is 0.487 e. The van der Waals surface area contributed by atoms with Gasteiger partial charge in [0.15, 0.2) is 0 Å². The number of carbonyl (C=O) groups excluding carboxylic acids is 1. The van der Waals surface area contributed by atoms with Gasteiger partial charge in [-0.05, 0) is 48.5 Å². The summed E-state index contributed by atoms with van der Waals surface area (Å²) < 4.78 is 7.53. The summed E-state index contributed by atoms with van der Waals surface area (Å²) in [7, 11) is 0. The van der Waals surface area contributed by atoms with Crippen LogP contribution < -0.4 is 10.1 Å². The predicted octanol–water partition coefficient (Wildman–Crippen LogP) is 5.16. The van der Waals surface area contributed by atoms with E-state index in [2.05, 4.69) is 20.4 Å². The summed E-state index contributed by atoms with van der Waals surface area (Å²) in [4.78, 5) is 21.8. The molecular weight excluding hydrogens is 426 g/mol. The van der Waals surface area contributed by atoms with E-state index in [-0.39, 0.29) is 5.91 Å². The van der Waals surface area contributed by atoms with Crippen molar-refractivity contribution in [3.05, 3.63) is 121 Å². The molecule has 0 saturated carbocycles. The Hall–Kier alpha value is -4.78. The molecule has 7 nitrogen and oxygen atoms in total. The molecule has 0 bridgehead atoms. The lowest BCUT2D eigenvalue weighted by Gasteiger charge is -2.09. The number of nitrogens with one attached hydrogen (secondary N) is 1. The maximum absolute atomic E-state index is 13.3. The topological polar surface area (TPSA) is 81.9 Å². The first-order valence-electron chi connectivity index (χ1n) is 10.8. The van der Waals surface area contributed by atoms with Gasteiger partial charge in [-0.25, -0.2) is 4.68 Å². The van der Waals surface area contributed by atoms with E-state index in [1.807, 2.05) is 78.9 Å². The molecule has 0 aliphatic carbocycles. The first kappa shape index (κ1) is 21.1. The number of rotatable bonds is 7. The smallest absolute Gasteiger partial charge is 0.259 e. The van der Waals surface area contributed by atoms with Crippen LogP contribution in [0.15, 0.2) is 110 Å². The number of aromatic nitrogens is 4. The van der Waals surface area contributed by atoms with Gasteiger partial charge in [-0.2, -0.15) is 5.10 Å². The van der Waals surface area contributed by atoms with Crippen LogP contribution in [0.5, 0.6) is 5.75 Å². The van der Waals surface area contributed by atoms with Crippen LogP contribution in [0.3, 0.4) is 0 Å². The molecule has 0 unspecified atom stereocenters. The Morgan fingerprint density at radius 3 is 2.59 bits per heavy atom. The van der Waals surface area contributed by atoms with Crippen molar-refractivity contribution < 1.29 is 9.53 Å². The number of hydrogen-bond donors (Lipinski definition) is 1. The van der Waals surface area contributed by atoms with Gasteiger partial charge in [-0.15, -0.1) is 0 Å². The lowest BCUT2D eigenvalue weighted by molar-refractivity contribution is 0.102. The summed E-state index contributed by atoms with van der Waals surface area (Å²) in [5.74, 6) is 0.360. The summed E-state index contributed by atoms with van der Waals surface area (Å²) >= 11 is 0. The molecule has 7 heteroatoms. The molecule has 5 rings (SSSR count). The molecule has 0 saturated heterocycles. The summed E-state index contributed by atoms with van der Waals surface area (Å²) in [6.45, 7) is 0.341. The maximum Gasteiger partial charge on any atom is 0.259 e. The molecule has 0 atom stereocenters. The fourth-order valence-electron chi connectivity index (χ4n) is 3.47. The first-order chi connectivity index (χ1) is 16.8. The van der Waals surface area contributed by atoms with Crippen LogP contribution in [0.25, 0.3) is 16.9 Å². The molecule has 0 fully saturated rings. The number of ether oxygens (including phenoxy) is 1. The summed E-state index contributed by atoms with van der Waals surface area (Å²) in [5, 5.41) is 7.64. The highest BCUT2D eigenvalue weighted by atomic mass is 16.5. The third kappa shape index (κ3) is 4.83. The summed E-state index contributed by atoms with van der Waals surface area (Å²) in [6, 6.07) is 26.3. The van der Waals surface area contributed by atoms with Crippen LogP contribution >= 0.6 is 0 Å². The third-order valence-electron chi connectivity index (χ3n) is 5.12. The Kier molecular flexibility index (Phi) is 6.07. The van der Waals surface area contributed by atoms with Crippen LogP contribution in [-0.2, 0) is 6.61 Å². The van der Waals surface area contributed by atoms with Crippen LogP contribution in [-0.4, -0.2) is 25.7 Å². The van der Waals surface area contributed by atoms with Crippen molar-refractivity contribution in [2.75, 3.05) is 5.32 Å². The van der Waals surface area contributed by atoms with Crippen molar-refractivity contribution in [1.82, 2.24) is 19.7 Å². The van der Waals surface area contributed by atoms with E-state index in [9.17, 15) is 4.79 Å². The zero-order valence-corrected chi connectivity index (χ0v) is 18.2. The van der Waals surface area contributed by atoms with Gasteiger partial charge >= 0.3 is 0 Å². The van der Waals surface area contributed by atoms with Crippen molar-refractivity contribution >= 4 is 11.6 Å². The monoisotopic (exact) mass is 447 g/mol. The second-order valence-corrected chi connectivity index (χ2v) is 7.50. The highest BCUT2D eigenvalue weighted by Crippen LogP contribution is 2.25. The van der Waals surface area contributed by atoms with Gasteiger partial charge in [0.25, 0.3) is 5.91 Å². The third-order valence-corrected chi connectivity index (χ3v) is 5.12. The molecular formula is C27H21N5O2. The number of carbonyl (C=O) groups is 1. The quantitative estimate of drug-likeness (QED) is 0.373. The minimum atomic E-state index is -0.275. The Morgan fingerprint density at radius 1 is 0.912 bits per heavy atom. The van der Waals surface area contributed by atoms with E-state index in [0.717, 1.165) is 16.9 Å². The highest BCUT2D eigenvalue weighted by molar-refractivity contribution is 6.08. The molecule has 3 heterocycles. The van der Waals surface area contributed by atoms with Gasteiger partial charge in [0.2, 0.25) is 0 Å². The number of amides is 1. The average molecular weight is 447 g/mol. The minimum absolute atomic E-state index is 0.275. The van der Waals surface area contributed by atoms with Gasteiger partial charge in [0, 0.05) is 42.1 Å². The standard InChI is InChI=1S/C27H21N5O2/c33-27(30-21-10-6-13-24(16-21)34-19-22-9-4-5-15-29-22)25-18-32(23-11-2-1-3-12-23)31-26(25)20-8-7-14-28-17-20/h1-18H,19H2,(H,30,33). The summed E-state index contributed by atoms with van der Waals surface area (Å²) in [5.41, 5.74) is 4.06. The van der Waals surface area contributed by atoms with Crippen molar-refractivity contribution in [3.8, 4) is 22.7 Å². The summed E-state index contributed by atoms with van der Waals surface area (Å²) in [6.07, 6.45) is 6.84. The molecule has 2 aromatic carbocycles. The number of para-hydroxylation sites is 1. The zero-order valence-electron chi connectivity index (χ0n) is 18.2. The minimum Gasteiger partial charge on any atom is -0.487 e. The Labute approximate surface area is 196 Å². The van der Waals surface area contributed by atoms with E-state index in [4.69, 9.17) is 4.74 Å². The van der Waals surface area contributed by atoms with Crippen molar-refractivity contribution in [1.29, 1.82) is 0 Å². The highest BCUT2D eigenvalue weighted by Gasteiger charge is 2.19. The average Bonchev–Trinajstić information content (AvgIpc) is 3.35. The first-order valence-corrected chi connectivity index (χ1v) is 10.8. The van der Waals surface area contributed by atoms with Crippen molar-refractivity contribution in [2.24, 2.45) is 0 Å². The van der Waals surface area contributed by atoms with Gasteiger partial charge in [0.05, 0.1) is 16.9 Å².